The third-order valence-electron chi connectivity index (χ3n) is 3.51. The molecular weight excluding hydrogens is 260 g/mol. The van der Waals surface area contributed by atoms with E-state index in [0.29, 0.717) is 12.5 Å². The second-order valence-corrected chi connectivity index (χ2v) is 4.93. The highest BCUT2D eigenvalue weighted by Crippen LogP contribution is 2.21. The Kier molecular flexibility index (Phi) is 5.61. The van der Waals surface area contributed by atoms with Crippen LogP contribution in [-0.2, 0) is 10.3 Å². The molecule has 20 heavy (non-hydrogen) atoms. The van der Waals surface area contributed by atoms with E-state index in [9.17, 15) is 14.7 Å². The summed E-state index contributed by atoms with van der Waals surface area (Å²) in [6, 6.07) is 2.59. The molecule has 0 radical (unpaired) electrons. The van der Waals surface area contributed by atoms with Gasteiger partial charge in [0.25, 0.3) is 0 Å². The maximum atomic E-state index is 11.9. The highest BCUT2D eigenvalue weighted by Gasteiger charge is 2.39. The van der Waals surface area contributed by atoms with Crippen molar-refractivity contribution in [3.05, 3.63) is 24.2 Å². The van der Waals surface area contributed by atoms with Gasteiger partial charge in [-0.2, -0.15) is 0 Å². The second-order valence-electron chi connectivity index (χ2n) is 4.93. The Balaban J connectivity index is 2.68. The molecule has 1 heterocycles. The molecule has 0 spiro atoms. The van der Waals surface area contributed by atoms with Crippen LogP contribution in [0, 0.1) is 5.92 Å². The number of carboxylic acids is 1. The summed E-state index contributed by atoms with van der Waals surface area (Å²) >= 11 is 0. The average Bonchev–Trinajstić information content (AvgIpc) is 2.94. The molecule has 6 heteroatoms. The summed E-state index contributed by atoms with van der Waals surface area (Å²) in [4.78, 5) is 23.3. The lowest BCUT2D eigenvalue weighted by Gasteiger charge is -2.24. The third-order valence-corrected chi connectivity index (χ3v) is 3.51. The third kappa shape index (κ3) is 3.76. The van der Waals surface area contributed by atoms with E-state index in [1.54, 1.807) is 6.07 Å². The molecule has 6 nitrogen and oxygen atoms in total. The van der Waals surface area contributed by atoms with Crippen LogP contribution < -0.4 is 10.6 Å². The monoisotopic (exact) mass is 282 g/mol. The summed E-state index contributed by atoms with van der Waals surface area (Å²) in [6.45, 7) is 6.02. The van der Waals surface area contributed by atoms with Crippen LogP contribution in [0.1, 0.15) is 39.4 Å². The number of furan rings is 1. The zero-order valence-corrected chi connectivity index (χ0v) is 12.1. The van der Waals surface area contributed by atoms with Crippen LogP contribution in [0.5, 0.6) is 0 Å². The van der Waals surface area contributed by atoms with E-state index in [-0.39, 0.29) is 5.76 Å². The van der Waals surface area contributed by atoms with Gasteiger partial charge in [0.1, 0.15) is 5.76 Å². The molecule has 1 aromatic heterocycles. The van der Waals surface area contributed by atoms with Gasteiger partial charge in [-0.1, -0.05) is 26.7 Å². The number of nitrogens with one attached hydrogen (secondary N) is 2. The number of carboxylic acid groups (broad SMARTS) is 1. The molecule has 1 atom stereocenters. The summed E-state index contributed by atoms with van der Waals surface area (Å²) in [5, 5.41) is 14.5. The molecule has 1 aromatic rings. The highest BCUT2D eigenvalue weighted by atomic mass is 16.4. The molecule has 1 unspecified atom stereocenters. The van der Waals surface area contributed by atoms with Crippen LogP contribution in [0.2, 0.25) is 0 Å². The Morgan fingerprint density at radius 3 is 2.50 bits per heavy atom. The number of carbonyl (C=O) groups is 2. The molecule has 0 saturated carbocycles. The van der Waals surface area contributed by atoms with Crippen molar-refractivity contribution in [2.24, 2.45) is 5.92 Å². The fourth-order valence-corrected chi connectivity index (χ4v) is 1.87. The lowest BCUT2D eigenvalue weighted by atomic mass is 9.99. The number of hydrogen-bond acceptors (Lipinski definition) is 3. The SMILES string of the molecule is CCC(CC)CNC(=O)NC(C)(C(=O)O)c1ccco1. The Labute approximate surface area is 118 Å². The smallest absolute Gasteiger partial charge is 0.337 e. The largest absolute Gasteiger partial charge is 0.479 e. The van der Waals surface area contributed by atoms with E-state index in [4.69, 9.17) is 4.42 Å². The number of amides is 2. The Morgan fingerprint density at radius 1 is 1.40 bits per heavy atom. The van der Waals surface area contributed by atoms with Crippen LogP contribution in [0.15, 0.2) is 22.8 Å². The zero-order valence-electron chi connectivity index (χ0n) is 12.1. The second kappa shape index (κ2) is 6.98. The molecule has 3 N–H and O–H groups in total. The van der Waals surface area contributed by atoms with Gasteiger partial charge in [-0.25, -0.2) is 9.59 Å². The van der Waals surface area contributed by atoms with Crippen molar-refractivity contribution in [1.82, 2.24) is 10.6 Å². The van der Waals surface area contributed by atoms with Crippen molar-refractivity contribution >= 4 is 12.0 Å². The van der Waals surface area contributed by atoms with Crippen molar-refractivity contribution in [2.75, 3.05) is 6.54 Å². The number of aliphatic carboxylic acids is 1. The Bertz CT molecular complexity index is 440. The number of rotatable bonds is 7. The first kappa shape index (κ1) is 16.1. The Morgan fingerprint density at radius 2 is 2.05 bits per heavy atom. The molecule has 0 bridgehead atoms. The van der Waals surface area contributed by atoms with E-state index in [2.05, 4.69) is 24.5 Å². The van der Waals surface area contributed by atoms with Gasteiger partial charge < -0.3 is 20.2 Å². The minimum Gasteiger partial charge on any atom is -0.479 e. The van der Waals surface area contributed by atoms with E-state index >= 15 is 0 Å². The fraction of sp³-hybridized carbons (Fsp3) is 0.571. The van der Waals surface area contributed by atoms with Crippen LogP contribution in [0.25, 0.3) is 0 Å². The van der Waals surface area contributed by atoms with Crippen molar-refractivity contribution in [1.29, 1.82) is 0 Å². The zero-order chi connectivity index (χ0) is 15.2. The summed E-state index contributed by atoms with van der Waals surface area (Å²) < 4.78 is 5.11. The van der Waals surface area contributed by atoms with E-state index in [1.165, 1.54) is 19.3 Å². The first-order valence-electron chi connectivity index (χ1n) is 6.77. The summed E-state index contributed by atoms with van der Waals surface area (Å²) in [5.41, 5.74) is -1.58. The molecule has 1 rings (SSSR count). The summed E-state index contributed by atoms with van der Waals surface area (Å²) in [6.07, 6.45) is 3.30. The lowest BCUT2D eigenvalue weighted by Crippen LogP contribution is -2.53. The van der Waals surface area contributed by atoms with Crippen molar-refractivity contribution in [2.45, 2.75) is 39.2 Å². The predicted molar refractivity (Wildman–Crippen MR) is 74.3 cm³/mol. The standard InChI is InChI=1S/C14H22N2O4/c1-4-10(5-2)9-15-13(19)16-14(3,12(17)18)11-7-6-8-20-11/h6-8,10H,4-5,9H2,1-3H3,(H,17,18)(H2,15,16,19). The van der Waals surface area contributed by atoms with Gasteiger partial charge in [-0.3, -0.25) is 0 Å². The molecule has 0 aliphatic rings. The van der Waals surface area contributed by atoms with Gasteiger partial charge in [0, 0.05) is 6.54 Å². The molecule has 0 aliphatic carbocycles. The molecular formula is C14H22N2O4. The molecule has 0 fully saturated rings. The Hall–Kier alpha value is -1.98. The van der Waals surface area contributed by atoms with E-state index < -0.39 is 17.5 Å². The minimum atomic E-state index is -1.58. The molecule has 112 valence electrons. The summed E-state index contributed by atoms with van der Waals surface area (Å²) in [7, 11) is 0. The average molecular weight is 282 g/mol. The first-order chi connectivity index (χ1) is 9.43. The van der Waals surface area contributed by atoms with Gasteiger partial charge in [0.2, 0.25) is 0 Å². The van der Waals surface area contributed by atoms with Crippen molar-refractivity contribution in [3.8, 4) is 0 Å². The molecule has 2 amide bonds. The normalized spacial score (nSPS) is 13.8. The highest BCUT2D eigenvalue weighted by molar-refractivity contribution is 5.86. The topological polar surface area (TPSA) is 91.6 Å². The van der Waals surface area contributed by atoms with Gasteiger partial charge in [-0.05, 0) is 25.0 Å². The van der Waals surface area contributed by atoms with Gasteiger partial charge >= 0.3 is 12.0 Å². The van der Waals surface area contributed by atoms with E-state index in [0.717, 1.165) is 12.8 Å². The number of hydrogen-bond donors (Lipinski definition) is 3. The quantitative estimate of drug-likeness (QED) is 0.715. The first-order valence-corrected chi connectivity index (χ1v) is 6.77. The summed E-state index contributed by atoms with van der Waals surface area (Å²) in [5.74, 6) is -0.603. The number of carbonyl (C=O) groups excluding carboxylic acids is 1. The van der Waals surface area contributed by atoms with Gasteiger partial charge in [-0.15, -0.1) is 0 Å². The van der Waals surface area contributed by atoms with Crippen LogP contribution in [0.4, 0.5) is 4.79 Å². The molecule has 0 saturated heterocycles. The van der Waals surface area contributed by atoms with Gasteiger partial charge in [0.15, 0.2) is 5.54 Å². The van der Waals surface area contributed by atoms with Crippen LogP contribution in [-0.4, -0.2) is 23.7 Å². The predicted octanol–water partition coefficient (Wildman–Crippen LogP) is 2.31. The molecule has 0 aliphatic heterocycles. The maximum Gasteiger partial charge on any atom is 0.337 e. The number of urea groups is 1. The fourth-order valence-electron chi connectivity index (χ4n) is 1.87. The van der Waals surface area contributed by atoms with E-state index in [1.807, 2.05) is 0 Å². The minimum absolute atomic E-state index is 0.183. The van der Waals surface area contributed by atoms with Crippen molar-refractivity contribution < 1.29 is 19.1 Å². The van der Waals surface area contributed by atoms with Crippen LogP contribution in [0.3, 0.4) is 0 Å². The van der Waals surface area contributed by atoms with Crippen LogP contribution >= 0.6 is 0 Å². The van der Waals surface area contributed by atoms with Gasteiger partial charge in [0.05, 0.1) is 6.26 Å². The lowest BCUT2D eigenvalue weighted by molar-refractivity contribution is -0.144. The van der Waals surface area contributed by atoms with Crippen molar-refractivity contribution in [3.63, 3.8) is 0 Å². The maximum absolute atomic E-state index is 11.9. The molecule has 0 aromatic carbocycles.